The molecule has 0 radical (unpaired) electrons. The maximum atomic E-state index is 13.0. The summed E-state index contributed by atoms with van der Waals surface area (Å²) in [6.45, 7) is 6.04. The largest absolute Gasteiger partial charge is 0.457 e. The average Bonchev–Trinajstić information content (AvgIpc) is 2.68. The molecular weight excluding hydrogens is 333 g/mol. The molecular formula is C20H24FN3O2. The van der Waals surface area contributed by atoms with Crippen molar-refractivity contribution in [3.63, 3.8) is 0 Å². The van der Waals surface area contributed by atoms with Gasteiger partial charge in [0.2, 0.25) is 0 Å². The monoisotopic (exact) mass is 357 g/mol. The van der Waals surface area contributed by atoms with Crippen molar-refractivity contribution in [1.82, 2.24) is 15.2 Å². The normalized spacial score (nSPS) is 17.7. The molecule has 6 heteroatoms. The van der Waals surface area contributed by atoms with Crippen LogP contribution in [0.25, 0.3) is 0 Å². The summed E-state index contributed by atoms with van der Waals surface area (Å²) in [5, 5.41) is 2.98. The quantitative estimate of drug-likeness (QED) is 0.860. The summed E-state index contributed by atoms with van der Waals surface area (Å²) in [7, 11) is 0. The molecule has 1 atom stereocenters. The average molecular weight is 357 g/mol. The SMILES string of the molecule is CCN1CCC[C@H](CNC(=O)c2cc(Oc3ccc(F)cc3)ccn2)C1. The van der Waals surface area contributed by atoms with E-state index in [0.29, 0.717) is 29.7 Å². The fourth-order valence-electron chi connectivity index (χ4n) is 3.17. The van der Waals surface area contributed by atoms with E-state index in [1.807, 2.05) is 0 Å². The van der Waals surface area contributed by atoms with Crippen molar-refractivity contribution in [2.24, 2.45) is 5.92 Å². The summed E-state index contributed by atoms with van der Waals surface area (Å²) in [6, 6.07) is 9.00. The van der Waals surface area contributed by atoms with Crippen molar-refractivity contribution < 1.29 is 13.9 Å². The molecule has 1 aliphatic rings. The highest BCUT2D eigenvalue weighted by Gasteiger charge is 2.19. The van der Waals surface area contributed by atoms with Gasteiger partial charge in [-0.25, -0.2) is 4.39 Å². The maximum Gasteiger partial charge on any atom is 0.270 e. The van der Waals surface area contributed by atoms with Crippen LogP contribution in [-0.4, -0.2) is 42.0 Å². The van der Waals surface area contributed by atoms with Gasteiger partial charge >= 0.3 is 0 Å². The van der Waals surface area contributed by atoms with Crippen LogP contribution in [0.5, 0.6) is 11.5 Å². The van der Waals surface area contributed by atoms with Gasteiger partial charge < -0.3 is 15.0 Å². The summed E-state index contributed by atoms with van der Waals surface area (Å²) < 4.78 is 18.6. The predicted molar refractivity (Wildman–Crippen MR) is 97.9 cm³/mol. The molecule has 1 N–H and O–H groups in total. The second kappa shape index (κ2) is 8.76. The lowest BCUT2D eigenvalue weighted by Crippen LogP contribution is -2.40. The number of carbonyl (C=O) groups is 1. The number of piperidine rings is 1. The Kier molecular flexibility index (Phi) is 6.17. The second-order valence-electron chi connectivity index (χ2n) is 6.54. The van der Waals surface area contributed by atoms with Crippen LogP contribution in [0.2, 0.25) is 0 Å². The molecule has 1 saturated heterocycles. The minimum Gasteiger partial charge on any atom is -0.457 e. The summed E-state index contributed by atoms with van der Waals surface area (Å²) >= 11 is 0. The predicted octanol–water partition coefficient (Wildman–Crippen LogP) is 3.47. The molecule has 26 heavy (non-hydrogen) atoms. The summed E-state index contributed by atoms with van der Waals surface area (Å²) in [5.41, 5.74) is 0.313. The van der Waals surface area contributed by atoms with Crippen LogP contribution in [0.3, 0.4) is 0 Å². The number of amides is 1. The number of carbonyl (C=O) groups excluding carboxylic acids is 1. The van der Waals surface area contributed by atoms with Crippen molar-refractivity contribution in [3.05, 3.63) is 54.1 Å². The number of likely N-dealkylation sites (tertiary alicyclic amines) is 1. The zero-order chi connectivity index (χ0) is 18.4. The second-order valence-corrected chi connectivity index (χ2v) is 6.54. The Morgan fingerprint density at radius 3 is 2.88 bits per heavy atom. The number of pyridine rings is 1. The van der Waals surface area contributed by atoms with Crippen LogP contribution in [0.1, 0.15) is 30.3 Å². The molecule has 3 rings (SSSR count). The summed E-state index contributed by atoms with van der Waals surface area (Å²) in [4.78, 5) is 18.9. The first kappa shape index (κ1) is 18.3. The number of ether oxygens (including phenoxy) is 1. The first-order valence-electron chi connectivity index (χ1n) is 9.04. The maximum absolute atomic E-state index is 13.0. The highest BCUT2D eigenvalue weighted by atomic mass is 19.1. The Morgan fingerprint density at radius 2 is 2.12 bits per heavy atom. The third-order valence-corrected chi connectivity index (χ3v) is 4.61. The smallest absolute Gasteiger partial charge is 0.270 e. The van der Waals surface area contributed by atoms with Crippen LogP contribution in [0.4, 0.5) is 4.39 Å². The van der Waals surface area contributed by atoms with E-state index in [2.05, 4.69) is 22.1 Å². The Hall–Kier alpha value is -2.47. The van der Waals surface area contributed by atoms with Gasteiger partial charge in [-0.2, -0.15) is 0 Å². The van der Waals surface area contributed by atoms with Gasteiger partial charge in [0.1, 0.15) is 23.0 Å². The highest BCUT2D eigenvalue weighted by molar-refractivity contribution is 5.92. The zero-order valence-corrected chi connectivity index (χ0v) is 15.0. The van der Waals surface area contributed by atoms with Gasteiger partial charge in [-0.15, -0.1) is 0 Å². The van der Waals surface area contributed by atoms with Crippen molar-refractivity contribution in [2.45, 2.75) is 19.8 Å². The van der Waals surface area contributed by atoms with Crippen LogP contribution < -0.4 is 10.1 Å². The third kappa shape index (κ3) is 5.02. The van der Waals surface area contributed by atoms with E-state index in [0.717, 1.165) is 26.1 Å². The molecule has 1 fully saturated rings. The van der Waals surface area contributed by atoms with E-state index in [1.54, 1.807) is 12.1 Å². The van der Waals surface area contributed by atoms with Gasteiger partial charge in [0.05, 0.1) is 0 Å². The molecule has 1 aromatic heterocycles. The third-order valence-electron chi connectivity index (χ3n) is 4.61. The summed E-state index contributed by atoms with van der Waals surface area (Å²) in [6.07, 6.45) is 3.85. The highest BCUT2D eigenvalue weighted by Crippen LogP contribution is 2.21. The van der Waals surface area contributed by atoms with Crippen LogP contribution in [0, 0.1) is 11.7 Å². The number of rotatable bonds is 6. The standard InChI is InChI=1S/C20H24FN3O2/c1-2-24-11-3-4-15(14-24)13-23-20(25)19-12-18(9-10-22-19)26-17-7-5-16(21)6-8-17/h5-10,12,15H,2-4,11,13-14H2,1H3,(H,23,25)/t15-/m1/s1. The van der Waals surface area contributed by atoms with E-state index < -0.39 is 0 Å². The first-order valence-corrected chi connectivity index (χ1v) is 9.04. The Labute approximate surface area is 153 Å². The number of nitrogens with one attached hydrogen (secondary N) is 1. The fourth-order valence-corrected chi connectivity index (χ4v) is 3.17. The van der Waals surface area contributed by atoms with E-state index in [1.165, 1.54) is 36.9 Å². The fraction of sp³-hybridized carbons (Fsp3) is 0.400. The number of nitrogens with zero attached hydrogens (tertiary/aromatic N) is 2. The molecule has 5 nitrogen and oxygen atoms in total. The van der Waals surface area contributed by atoms with E-state index in [4.69, 9.17) is 4.74 Å². The van der Waals surface area contributed by atoms with Crippen LogP contribution >= 0.6 is 0 Å². The van der Waals surface area contributed by atoms with Crippen molar-refractivity contribution in [1.29, 1.82) is 0 Å². The number of hydrogen-bond donors (Lipinski definition) is 1. The molecule has 2 aromatic rings. The number of hydrogen-bond acceptors (Lipinski definition) is 4. The number of benzene rings is 1. The molecule has 0 aliphatic carbocycles. The number of aromatic nitrogens is 1. The molecule has 2 heterocycles. The lowest BCUT2D eigenvalue weighted by Gasteiger charge is -2.31. The lowest BCUT2D eigenvalue weighted by molar-refractivity contribution is 0.0928. The Bertz CT molecular complexity index is 736. The molecule has 0 bridgehead atoms. The molecule has 0 spiro atoms. The summed E-state index contributed by atoms with van der Waals surface area (Å²) in [5.74, 6) is 0.948. The lowest BCUT2D eigenvalue weighted by atomic mass is 9.98. The number of halogens is 1. The molecule has 138 valence electrons. The van der Waals surface area contributed by atoms with Crippen molar-refractivity contribution in [2.75, 3.05) is 26.2 Å². The van der Waals surface area contributed by atoms with Gasteiger partial charge in [0, 0.05) is 25.4 Å². The van der Waals surface area contributed by atoms with Gasteiger partial charge in [0.25, 0.3) is 5.91 Å². The molecule has 1 aromatic carbocycles. The molecule has 0 saturated carbocycles. The van der Waals surface area contributed by atoms with Crippen molar-refractivity contribution in [3.8, 4) is 11.5 Å². The first-order chi connectivity index (χ1) is 12.6. The topological polar surface area (TPSA) is 54.5 Å². The Balaban J connectivity index is 1.56. The van der Waals surface area contributed by atoms with E-state index in [9.17, 15) is 9.18 Å². The van der Waals surface area contributed by atoms with Crippen LogP contribution in [-0.2, 0) is 0 Å². The molecule has 1 aliphatic heterocycles. The molecule has 0 unspecified atom stereocenters. The Morgan fingerprint density at radius 1 is 1.31 bits per heavy atom. The van der Waals surface area contributed by atoms with E-state index >= 15 is 0 Å². The molecule has 1 amide bonds. The van der Waals surface area contributed by atoms with Gasteiger partial charge in [-0.05, 0) is 62.2 Å². The van der Waals surface area contributed by atoms with Gasteiger partial charge in [0.15, 0.2) is 0 Å². The van der Waals surface area contributed by atoms with Gasteiger partial charge in [-0.1, -0.05) is 6.92 Å². The van der Waals surface area contributed by atoms with Crippen LogP contribution in [0.15, 0.2) is 42.6 Å². The minimum absolute atomic E-state index is 0.205. The minimum atomic E-state index is -0.323. The van der Waals surface area contributed by atoms with E-state index in [-0.39, 0.29) is 11.7 Å². The zero-order valence-electron chi connectivity index (χ0n) is 15.0. The van der Waals surface area contributed by atoms with Gasteiger partial charge in [-0.3, -0.25) is 9.78 Å². The van der Waals surface area contributed by atoms with Crippen molar-refractivity contribution >= 4 is 5.91 Å².